The van der Waals surface area contributed by atoms with Gasteiger partial charge in [0.25, 0.3) is 0 Å². The molecule has 1 aliphatic rings. The van der Waals surface area contributed by atoms with Crippen molar-refractivity contribution >= 4 is 5.69 Å². The normalized spacial score (nSPS) is 17.9. The Morgan fingerprint density at radius 1 is 1.17 bits per heavy atom. The number of likely N-dealkylation sites (N-methyl/N-ethyl adjacent to an activating group) is 1. The standard InChI is InChI=1S/C14H22FN3/c1-17-9-11-18(12-10-17)8-4-7-16-14-6-3-2-5-13(14)15/h2-3,5-6,16H,4,7-12H2,1H3. The summed E-state index contributed by atoms with van der Waals surface area (Å²) in [5, 5.41) is 3.15. The summed E-state index contributed by atoms with van der Waals surface area (Å²) in [6, 6.07) is 6.84. The van der Waals surface area contributed by atoms with Gasteiger partial charge in [0, 0.05) is 32.7 Å². The van der Waals surface area contributed by atoms with Gasteiger partial charge in [-0.25, -0.2) is 4.39 Å². The van der Waals surface area contributed by atoms with Crippen LogP contribution in [0.15, 0.2) is 24.3 Å². The minimum atomic E-state index is -0.169. The van der Waals surface area contributed by atoms with Gasteiger partial charge >= 0.3 is 0 Å². The highest BCUT2D eigenvalue weighted by Gasteiger charge is 2.12. The first-order chi connectivity index (χ1) is 8.75. The van der Waals surface area contributed by atoms with Gasteiger partial charge < -0.3 is 15.1 Å². The second-order valence-electron chi connectivity index (χ2n) is 4.91. The van der Waals surface area contributed by atoms with Crippen LogP contribution in [-0.2, 0) is 0 Å². The van der Waals surface area contributed by atoms with Crippen LogP contribution in [0, 0.1) is 5.82 Å². The van der Waals surface area contributed by atoms with E-state index in [2.05, 4.69) is 22.2 Å². The van der Waals surface area contributed by atoms with E-state index in [0.717, 1.165) is 45.7 Å². The Bertz CT molecular complexity index is 362. The van der Waals surface area contributed by atoms with E-state index in [9.17, 15) is 4.39 Å². The lowest BCUT2D eigenvalue weighted by atomic mass is 10.2. The summed E-state index contributed by atoms with van der Waals surface area (Å²) in [5.41, 5.74) is 0.607. The Morgan fingerprint density at radius 3 is 2.61 bits per heavy atom. The average molecular weight is 251 g/mol. The third-order valence-corrected chi connectivity index (χ3v) is 3.44. The third kappa shape index (κ3) is 3.96. The molecule has 0 spiro atoms. The molecule has 0 bridgehead atoms. The van der Waals surface area contributed by atoms with Crippen LogP contribution in [0.4, 0.5) is 10.1 Å². The van der Waals surface area contributed by atoms with Crippen molar-refractivity contribution in [1.29, 1.82) is 0 Å². The zero-order chi connectivity index (χ0) is 12.8. The Kier molecular flexibility index (Phi) is 4.96. The monoisotopic (exact) mass is 251 g/mol. The van der Waals surface area contributed by atoms with Gasteiger partial charge in [-0.3, -0.25) is 0 Å². The van der Waals surface area contributed by atoms with Crippen molar-refractivity contribution in [1.82, 2.24) is 9.80 Å². The molecule has 0 amide bonds. The van der Waals surface area contributed by atoms with Crippen molar-refractivity contribution < 1.29 is 4.39 Å². The smallest absolute Gasteiger partial charge is 0.146 e. The summed E-state index contributed by atoms with van der Waals surface area (Å²) in [6.07, 6.45) is 1.05. The molecule has 0 radical (unpaired) electrons. The largest absolute Gasteiger partial charge is 0.383 e. The maximum absolute atomic E-state index is 13.3. The molecule has 0 unspecified atom stereocenters. The summed E-state index contributed by atoms with van der Waals surface area (Å²) in [5.74, 6) is -0.169. The van der Waals surface area contributed by atoms with E-state index >= 15 is 0 Å². The number of para-hydroxylation sites is 1. The molecule has 0 atom stereocenters. The maximum Gasteiger partial charge on any atom is 0.146 e. The van der Waals surface area contributed by atoms with Crippen LogP contribution in [0.3, 0.4) is 0 Å². The Balaban J connectivity index is 1.63. The third-order valence-electron chi connectivity index (χ3n) is 3.44. The molecule has 0 aromatic heterocycles. The van der Waals surface area contributed by atoms with Gasteiger partial charge in [-0.15, -0.1) is 0 Å². The van der Waals surface area contributed by atoms with Crippen molar-refractivity contribution in [3.63, 3.8) is 0 Å². The van der Waals surface area contributed by atoms with E-state index in [1.807, 2.05) is 6.07 Å². The fourth-order valence-corrected chi connectivity index (χ4v) is 2.20. The topological polar surface area (TPSA) is 18.5 Å². The van der Waals surface area contributed by atoms with E-state index in [1.54, 1.807) is 12.1 Å². The molecule has 100 valence electrons. The number of piperazine rings is 1. The first kappa shape index (κ1) is 13.3. The van der Waals surface area contributed by atoms with E-state index in [4.69, 9.17) is 0 Å². The van der Waals surface area contributed by atoms with Crippen LogP contribution >= 0.6 is 0 Å². The number of hydrogen-bond acceptors (Lipinski definition) is 3. The number of nitrogens with zero attached hydrogens (tertiary/aromatic N) is 2. The lowest BCUT2D eigenvalue weighted by Crippen LogP contribution is -2.44. The molecule has 0 aliphatic carbocycles. The number of halogens is 1. The highest BCUT2D eigenvalue weighted by atomic mass is 19.1. The van der Waals surface area contributed by atoms with E-state index in [0.29, 0.717) is 5.69 Å². The predicted molar refractivity (Wildman–Crippen MR) is 73.4 cm³/mol. The van der Waals surface area contributed by atoms with Crippen LogP contribution in [0.2, 0.25) is 0 Å². The minimum absolute atomic E-state index is 0.169. The summed E-state index contributed by atoms with van der Waals surface area (Å²) in [6.45, 7) is 6.52. The predicted octanol–water partition coefficient (Wildman–Crippen LogP) is 1.88. The minimum Gasteiger partial charge on any atom is -0.383 e. The molecule has 18 heavy (non-hydrogen) atoms. The molecule has 0 saturated carbocycles. The van der Waals surface area contributed by atoms with Crippen LogP contribution in [0.25, 0.3) is 0 Å². The molecular formula is C14H22FN3. The van der Waals surface area contributed by atoms with Crippen molar-refractivity contribution in [2.45, 2.75) is 6.42 Å². The first-order valence-corrected chi connectivity index (χ1v) is 6.65. The molecule has 3 nitrogen and oxygen atoms in total. The molecule has 1 saturated heterocycles. The van der Waals surface area contributed by atoms with Crippen LogP contribution in [0.1, 0.15) is 6.42 Å². The fourth-order valence-electron chi connectivity index (χ4n) is 2.20. The fraction of sp³-hybridized carbons (Fsp3) is 0.571. The summed E-state index contributed by atoms with van der Waals surface area (Å²) >= 11 is 0. The van der Waals surface area contributed by atoms with Crippen LogP contribution in [-0.4, -0.2) is 56.1 Å². The molecule has 1 fully saturated rings. The van der Waals surface area contributed by atoms with Gasteiger partial charge in [0.2, 0.25) is 0 Å². The molecule has 1 N–H and O–H groups in total. The van der Waals surface area contributed by atoms with Gasteiger partial charge in [0.15, 0.2) is 0 Å². The molecule has 1 aromatic carbocycles. The van der Waals surface area contributed by atoms with Crippen molar-refractivity contribution in [3.05, 3.63) is 30.1 Å². The highest BCUT2D eigenvalue weighted by Crippen LogP contribution is 2.12. The molecule has 2 rings (SSSR count). The molecule has 1 aromatic rings. The van der Waals surface area contributed by atoms with Crippen molar-refractivity contribution in [3.8, 4) is 0 Å². The zero-order valence-corrected chi connectivity index (χ0v) is 11.0. The van der Waals surface area contributed by atoms with Crippen LogP contribution in [0.5, 0.6) is 0 Å². The number of benzene rings is 1. The SMILES string of the molecule is CN1CCN(CCCNc2ccccc2F)CC1. The summed E-state index contributed by atoms with van der Waals surface area (Å²) in [4.78, 5) is 4.83. The summed E-state index contributed by atoms with van der Waals surface area (Å²) in [7, 11) is 2.16. The zero-order valence-electron chi connectivity index (χ0n) is 11.0. The number of nitrogens with one attached hydrogen (secondary N) is 1. The average Bonchev–Trinajstić information content (AvgIpc) is 2.39. The van der Waals surface area contributed by atoms with Crippen molar-refractivity contribution in [2.75, 3.05) is 51.6 Å². The molecule has 1 aliphatic heterocycles. The lowest BCUT2D eigenvalue weighted by molar-refractivity contribution is 0.154. The highest BCUT2D eigenvalue weighted by molar-refractivity contribution is 5.44. The van der Waals surface area contributed by atoms with Gasteiger partial charge in [0.1, 0.15) is 5.82 Å². The second-order valence-corrected chi connectivity index (χ2v) is 4.91. The van der Waals surface area contributed by atoms with E-state index in [1.165, 1.54) is 6.07 Å². The lowest BCUT2D eigenvalue weighted by Gasteiger charge is -2.32. The van der Waals surface area contributed by atoms with Crippen molar-refractivity contribution in [2.24, 2.45) is 0 Å². The number of rotatable bonds is 5. The quantitative estimate of drug-likeness (QED) is 0.806. The Labute approximate surface area is 109 Å². The second kappa shape index (κ2) is 6.71. The molecular weight excluding hydrogens is 229 g/mol. The maximum atomic E-state index is 13.3. The Morgan fingerprint density at radius 2 is 1.89 bits per heavy atom. The van der Waals surface area contributed by atoms with Gasteiger partial charge in [-0.1, -0.05) is 12.1 Å². The number of hydrogen-bond donors (Lipinski definition) is 1. The van der Waals surface area contributed by atoms with E-state index < -0.39 is 0 Å². The molecule has 1 heterocycles. The molecule has 4 heteroatoms. The van der Waals surface area contributed by atoms with E-state index in [-0.39, 0.29) is 5.82 Å². The summed E-state index contributed by atoms with van der Waals surface area (Å²) < 4.78 is 13.3. The van der Waals surface area contributed by atoms with Crippen LogP contribution < -0.4 is 5.32 Å². The van der Waals surface area contributed by atoms with Gasteiger partial charge in [-0.05, 0) is 32.1 Å². The first-order valence-electron chi connectivity index (χ1n) is 6.65. The van der Waals surface area contributed by atoms with Gasteiger partial charge in [0.05, 0.1) is 5.69 Å². The van der Waals surface area contributed by atoms with Gasteiger partial charge in [-0.2, -0.15) is 0 Å². The number of anilines is 1. The Hall–Kier alpha value is -1.13.